The standard InChI is InChI=1S/C20H32F2N2O/c1-2-16-17-9-12-24(11-8-15-6-4-3-5-7-15)13-10-18(17)23-20(16)25-14-19(21)22/h15-16,19H,2-14H2,1H3. The topological polar surface area (TPSA) is 24.8 Å². The summed E-state index contributed by atoms with van der Waals surface area (Å²) in [5.74, 6) is 1.57. The molecule has 0 aromatic rings. The molecule has 0 amide bonds. The lowest BCUT2D eigenvalue weighted by Gasteiger charge is -2.26. The average Bonchev–Trinajstić information content (AvgIpc) is 2.84. The van der Waals surface area contributed by atoms with Crippen molar-refractivity contribution in [3.63, 3.8) is 0 Å². The molecule has 5 heteroatoms. The minimum absolute atomic E-state index is 0.118. The molecule has 0 bridgehead atoms. The van der Waals surface area contributed by atoms with Gasteiger partial charge in [0.05, 0.1) is 5.92 Å². The maximum Gasteiger partial charge on any atom is 0.272 e. The molecule has 3 aliphatic rings. The van der Waals surface area contributed by atoms with Crippen LogP contribution in [0.4, 0.5) is 8.78 Å². The van der Waals surface area contributed by atoms with E-state index in [4.69, 9.17) is 4.74 Å². The van der Waals surface area contributed by atoms with Crippen LogP contribution in [-0.4, -0.2) is 43.5 Å². The van der Waals surface area contributed by atoms with Crippen LogP contribution in [0.25, 0.3) is 0 Å². The molecule has 0 radical (unpaired) electrons. The van der Waals surface area contributed by atoms with Gasteiger partial charge in [-0.15, -0.1) is 0 Å². The second-order valence-electron chi connectivity index (χ2n) is 7.72. The Morgan fingerprint density at radius 2 is 1.92 bits per heavy atom. The number of alkyl halides is 2. The van der Waals surface area contributed by atoms with Crippen LogP contribution >= 0.6 is 0 Å². The lowest BCUT2D eigenvalue weighted by molar-refractivity contribution is 0.0732. The number of hydrogen-bond donors (Lipinski definition) is 0. The molecule has 1 atom stereocenters. The third-order valence-electron chi connectivity index (χ3n) is 6.04. The Labute approximate surface area is 150 Å². The Balaban J connectivity index is 1.50. The maximum absolute atomic E-state index is 12.4. The highest BCUT2D eigenvalue weighted by Gasteiger charge is 2.32. The lowest BCUT2D eigenvalue weighted by Crippen LogP contribution is -2.29. The van der Waals surface area contributed by atoms with Crippen LogP contribution in [-0.2, 0) is 4.74 Å². The van der Waals surface area contributed by atoms with Crippen LogP contribution in [0.3, 0.4) is 0 Å². The molecule has 142 valence electrons. The Morgan fingerprint density at radius 3 is 2.64 bits per heavy atom. The molecule has 1 fully saturated rings. The highest BCUT2D eigenvalue weighted by atomic mass is 19.3. The summed E-state index contributed by atoms with van der Waals surface area (Å²) in [7, 11) is 0. The summed E-state index contributed by atoms with van der Waals surface area (Å²) in [6.45, 7) is 4.85. The minimum atomic E-state index is -2.43. The smallest absolute Gasteiger partial charge is 0.272 e. The van der Waals surface area contributed by atoms with Crippen molar-refractivity contribution in [3.05, 3.63) is 11.3 Å². The van der Waals surface area contributed by atoms with Crippen molar-refractivity contribution in [3.8, 4) is 0 Å². The van der Waals surface area contributed by atoms with E-state index in [2.05, 4.69) is 16.8 Å². The van der Waals surface area contributed by atoms with Crippen LogP contribution in [0, 0.1) is 11.8 Å². The molecule has 2 aliphatic heterocycles. The van der Waals surface area contributed by atoms with Gasteiger partial charge in [0, 0.05) is 25.2 Å². The largest absolute Gasteiger partial charge is 0.474 e. The second kappa shape index (κ2) is 9.11. The fraction of sp³-hybridized carbons (Fsp3) is 0.850. The molecule has 0 saturated heterocycles. The second-order valence-corrected chi connectivity index (χ2v) is 7.72. The number of hydrogen-bond acceptors (Lipinski definition) is 3. The van der Waals surface area contributed by atoms with Gasteiger partial charge < -0.3 is 9.64 Å². The summed E-state index contributed by atoms with van der Waals surface area (Å²) < 4.78 is 30.2. The quantitative estimate of drug-likeness (QED) is 0.668. The van der Waals surface area contributed by atoms with Gasteiger partial charge in [0.2, 0.25) is 0 Å². The van der Waals surface area contributed by atoms with Crippen molar-refractivity contribution in [2.75, 3.05) is 26.2 Å². The molecule has 1 unspecified atom stereocenters. The molecule has 25 heavy (non-hydrogen) atoms. The SMILES string of the molecule is CCC1C(OCC(F)F)=NC2=C1CCN(CCC1CCCCC1)CC2. The molecule has 2 heterocycles. The molecule has 3 nitrogen and oxygen atoms in total. The van der Waals surface area contributed by atoms with E-state index in [-0.39, 0.29) is 5.92 Å². The zero-order valence-corrected chi connectivity index (χ0v) is 15.5. The van der Waals surface area contributed by atoms with Gasteiger partial charge in [-0.2, -0.15) is 0 Å². The molecule has 3 rings (SSSR count). The van der Waals surface area contributed by atoms with E-state index >= 15 is 0 Å². The van der Waals surface area contributed by atoms with E-state index in [1.807, 2.05) is 0 Å². The molecular formula is C20H32F2N2O. The lowest BCUT2D eigenvalue weighted by atomic mass is 9.87. The number of nitrogens with zero attached hydrogens (tertiary/aromatic N) is 2. The van der Waals surface area contributed by atoms with E-state index in [9.17, 15) is 8.78 Å². The molecule has 0 N–H and O–H groups in total. The summed E-state index contributed by atoms with van der Waals surface area (Å²) in [4.78, 5) is 7.17. The van der Waals surface area contributed by atoms with Crippen LogP contribution in [0.2, 0.25) is 0 Å². The molecule has 0 aromatic carbocycles. The average molecular weight is 354 g/mol. The maximum atomic E-state index is 12.4. The Morgan fingerprint density at radius 1 is 1.16 bits per heavy atom. The summed E-state index contributed by atoms with van der Waals surface area (Å²) >= 11 is 0. The van der Waals surface area contributed by atoms with E-state index in [1.54, 1.807) is 0 Å². The van der Waals surface area contributed by atoms with Crippen molar-refractivity contribution >= 4 is 5.90 Å². The predicted octanol–water partition coefficient (Wildman–Crippen LogP) is 5.03. The summed E-state index contributed by atoms with van der Waals surface area (Å²) in [6.07, 6.45) is 8.77. The molecule has 0 aromatic heterocycles. The monoisotopic (exact) mass is 354 g/mol. The predicted molar refractivity (Wildman–Crippen MR) is 97.1 cm³/mol. The van der Waals surface area contributed by atoms with E-state index in [1.165, 1.54) is 50.6 Å². The van der Waals surface area contributed by atoms with E-state index in [0.29, 0.717) is 5.90 Å². The van der Waals surface area contributed by atoms with Crippen molar-refractivity contribution in [2.45, 2.75) is 71.1 Å². The van der Waals surface area contributed by atoms with E-state index < -0.39 is 13.0 Å². The van der Waals surface area contributed by atoms with Gasteiger partial charge in [0.25, 0.3) is 6.43 Å². The zero-order valence-electron chi connectivity index (χ0n) is 15.5. The van der Waals surface area contributed by atoms with Gasteiger partial charge in [0.1, 0.15) is 0 Å². The normalized spacial score (nSPS) is 25.9. The van der Waals surface area contributed by atoms with Crippen molar-refractivity contribution in [1.82, 2.24) is 4.90 Å². The van der Waals surface area contributed by atoms with E-state index in [0.717, 1.165) is 44.0 Å². The summed E-state index contributed by atoms with van der Waals surface area (Å²) in [6, 6.07) is 0. The van der Waals surface area contributed by atoms with Gasteiger partial charge in [-0.05, 0) is 37.3 Å². The first kappa shape index (κ1) is 18.8. The van der Waals surface area contributed by atoms with Crippen LogP contribution in [0.15, 0.2) is 16.3 Å². The Bertz CT molecular complexity index is 498. The van der Waals surface area contributed by atoms with Crippen molar-refractivity contribution in [2.24, 2.45) is 16.8 Å². The molecule has 0 spiro atoms. The number of halogens is 2. The first-order valence-corrected chi connectivity index (χ1v) is 10.1. The molecule has 1 saturated carbocycles. The summed E-state index contributed by atoms with van der Waals surface area (Å²) in [5.41, 5.74) is 2.45. The first-order chi connectivity index (χ1) is 12.2. The number of aliphatic imine (C=N–C) groups is 1. The van der Waals surface area contributed by atoms with Crippen LogP contribution < -0.4 is 0 Å². The molecule has 1 aliphatic carbocycles. The van der Waals surface area contributed by atoms with Gasteiger partial charge in [-0.1, -0.05) is 39.0 Å². The third kappa shape index (κ3) is 5.02. The van der Waals surface area contributed by atoms with Crippen molar-refractivity contribution in [1.29, 1.82) is 0 Å². The zero-order chi connectivity index (χ0) is 17.6. The Hall–Kier alpha value is -0.970. The van der Waals surface area contributed by atoms with Crippen LogP contribution in [0.1, 0.15) is 64.7 Å². The number of ether oxygens (including phenoxy) is 1. The Kier molecular flexibility index (Phi) is 6.85. The summed E-state index contributed by atoms with van der Waals surface area (Å²) in [5, 5.41) is 0. The fourth-order valence-electron chi connectivity index (χ4n) is 4.59. The van der Waals surface area contributed by atoms with Crippen molar-refractivity contribution < 1.29 is 13.5 Å². The van der Waals surface area contributed by atoms with Crippen LogP contribution in [0.5, 0.6) is 0 Å². The highest BCUT2D eigenvalue weighted by Crippen LogP contribution is 2.35. The number of rotatable bonds is 6. The van der Waals surface area contributed by atoms with Gasteiger partial charge in [-0.3, -0.25) is 0 Å². The van der Waals surface area contributed by atoms with Gasteiger partial charge in [-0.25, -0.2) is 13.8 Å². The highest BCUT2D eigenvalue weighted by molar-refractivity contribution is 5.85. The molecular weight excluding hydrogens is 322 g/mol. The first-order valence-electron chi connectivity index (χ1n) is 10.1. The minimum Gasteiger partial charge on any atom is -0.474 e. The third-order valence-corrected chi connectivity index (χ3v) is 6.04. The van der Waals surface area contributed by atoms with Gasteiger partial charge in [0.15, 0.2) is 12.5 Å². The fourth-order valence-corrected chi connectivity index (χ4v) is 4.59. The van der Waals surface area contributed by atoms with Gasteiger partial charge >= 0.3 is 0 Å².